The Morgan fingerprint density at radius 3 is 2.54 bits per heavy atom. The zero-order valence-electron chi connectivity index (χ0n) is 21.0. The maximum Gasteiger partial charge on any atom is 0.251 e. The second kappa shape index (κ2) is 12.4. The van der Waals surface area contributed by atoms with Crippen LogP contribution in [0.4, 0.5) is 8.78 Å². The molecule has 1 aliphatic heterocycles. The number of hydrogen-bond acceptors (Lipinski definition) is 7. The number of halogens is 2. The third kappa shape index (κ3) is 6.98. The summed E-state index contributed by atoms with van der Waals surface area (Å²) in [6.45, 7) is -0.198. The van der Waals surface area contributed by atoms with E-state index >= 15 is 0 Å². The quantitative estimate of drug-likeness (QED) is 0.330. The van der Waals surface area contributed by atoms with Crippen molar-refractivity contribution >= 4 is 21.6 Å². The molecule has 39 heavy (non-hydrogen) atoms. The highest BCUT2D eigenvalue weighted by atomic mass is 32.2. The second-order valence-electron chi connectivity index (χ2n) is 8.99. The molecule has 3 aromatic rings. The van der Waals surface area contributed by atoms with Gasteiger partial charge >= 0.3 is 0 Å². The van der Waals surface area contributed by atoms with E-state index in [9.17, 15) is 22.0 Å². The number of amides is 1. The van der Waals surface area contributed by atoms with Gasteiger partial charge in [-0.1, -0.05) is 18.2 Å². The third-order valence-corrected chi connectivity index (χ3v) is 7.92. The summed E-state index contributed by atoms with van der Waals surface area (Å²) in [6, 6.07) is 17.5. The average molecular weight is 559 g/mol. The molecule has 0 spiro atoms. The smallest absolute Gasteiger partial charge is 0.251 e. The van der Waals surface area contributed by atoms with E-state index < -0.39 is 38.7 Å². The predicted octanol–water partition coefficient (Wildman–Crippen LogP) is 3.42. The lowest BCUT2D eigenvalue weighted by atomic mass is 9.97. The van der Waals surface area contributed by atoms with Gasteiger partial charge in [-0.2, -0.15) is 0 Å². The first-order chi connectivity index (χ1) is 18.7. The number of ether oxygens (including phenoxy) is 2. The van der Waals surface area contributed by atoms with Crippen molar-refractivity contribution in [1.82, 2.24) is 5.32 Å². The first-order valence-electron chi connectivity index (χ1n) is 12.3. The summed E-state index contributed by atoms with van der Waals surface area (Å²) in [5, 5.41) is 11.5. The number of nitrogens with zero attached hydrogens (tertiary/aromatic N) is 1. The molecule has 1 amide bonds. The van der Waals surface area contributed by atoms with Crippen LogP contribution in [0.5, 0.6) is 5.75 Å². The van der Waals surface area contributed by atoms with E-state index in [1.807, 2.05) is 0 Å². The molecule has 1 atom stereocenters. The van der Waals surface area contributed by atoms with E-state index in [4.69, 9.17) is 14.6 Å². The van der Waals surface area contributed by atoms with Crippen LogP contribution in [0, 0.1) is 11.6 Å². The Kier molecular flexibility index (Phi) is 8.93. The van der Waals surface area contributed by atoms with Gasteiger partial charge in [-0.15, -0.1) is 0 Å². The van der Waals surface area contributed by atoms with E-state index in [0.29, 0.717) is 24.3 Å². The highest BCUT2D eigenvalue weighted by Gasteiger charge is 2.45. The molecule has 0 saturated carbocycles. The Balaban J connectivity index is 1.57. The Hall–Kier alpha value is -3.83. The molecule has 8 nitrogen and oxygen atoms in total. The highest BCUT2D eigenvalue weighted by Crippen LogP contribution is 2.29. The number of hydrogen-bond donors (Lipinski definition) is 2. The number of carbonyl (C=O) groups excluding carboxylic acids is 1. The van der Waals surface area contributed by atoms with Crippen molar-refractivity contribution in [1.29, 1.82) is 0 Å². The zero-order chi connectivity index (χ0) is 27.9. The molecule has 3 aromatic carbocycles. The van der Waals surface area contributed by atoms with E-state index in [0.717, 1.165) is 18.2 Å². The van der Waals surface area contributed by atoms with Crippen LogP contribution in [-0.2, 0) is 25.9 Å². The van der Waals surface area contributed by atoms with Crippen molar-refractivity contribution < 1.29 is 36.6 Å². The lowest BCUT2D eigenvalue weighted by molar-refractivity contribution is -0.127. The number of aliphatic hydroxyl groups excluding tert-OH is 1. The fourth-order valence-corrected chi connectivity index (χ4v) is 5.38. The Labute approximate surface area is 225 Å². The monoisotopic (exact) mass is 558 g/mol. The first-order valence-corrected chi connectivity index (χ1v) is 13.9. The van der Waals surface area contributed by atoms with Gasteiger partial charge in [-0.25, -0.2) is 22.2 Å². The van der Waals surface area contributed by atoms with Crippen LogP contribution < -0.4 is 10.1 Å². The molecule has 0 unspecified atom stereocenters. The molecule has 1 heterocycles. The van der Waals surface area contributed by atoms with Crippen molar-refractivity contribution in [2.45, 2.75) is 29.8 Å². The molecule has 0 bridgehead atoms. The minimum Gasteiger partial charge on any atom is -0.494 e. The number of benzene rings is 3. The number of carbonyl (C=O) groups is 1. The van der Waals surface area contributed by atoms with Crippen molar-refractivity contribution in [2.24, 2.45) is 4.99 Å². The second-order valence-corrected chi connectivity index (χ2v) is 11.1. The third-order valence-electron chi connectivity index (χ3n) is 6.19. The summed E-state index contributed by atoms with van der Waals surface area (Å²) in [5.74, 6) is -1.70. The predicted molar refractivity (Wildman–Crippen MR) is 140 cm³/mol. The maximum absolute atomic E-state index is 14.1. The van der Waals surface area contributed by atoms with E-state index in [-0.39, 0.29) is 42.5 Å². The maximum atomic E-state index is 14.1. The number of nitrogens with one attached hydrogen (secondary N) is 1. The van der Waals surface area contributed by atoms with Crippen molar-refractivity contribution in [3.05, 3.63) is 95.6 Å². The molecule has 206 valence electrons. The number of aliphatic hydroxyl groups is 1. The number of rotatable bonds is 12. The zero-order valence-corrected chi connectivity index (χ0v) is 21.8. The van der Waals surface area contributed by atoms with Crippen LogP contribution in [0.25, 0.3) is 0 Å². The van der Waals surface area contributed by atoms with Gasteiger partial charge in [0.2, 0.25) is 5.90 Å². The standard InChI is InChI=1S/C28H28F2N2O6S/c29-22-9-12-25(30)21(17-22)18-31-27(34)28(13-16-39(35,36)24-5-2-1-3-6-24)19-38-26(32-28)20-7-10-23(11-8-20)37-15-4-14-33/h1-3,5-12,17,33H,4,13-16,18-19H2,(H,31,34)/t28-/m1/s1. The van der Waals surface area contributed by atoms with E-state index in [1.165, 1.54) is 12.1 Å². The first kappa shape index (κ1) is 28.2. The van der Waals surface area contributed by atoms with Gasteiger partial charge in [0.1, 0.15) is 24.0 Å². The molecule has 1 aliphatic rings. The minimum atomic E-state index is -3.75. The van der Waals surface area contributed by atoms with Gasteiger partial charge < -0.3 is 19.9 Å². The molecule has 0 fully saturated rings. The summed E-state index contributed by atoms with van der Waals surface area (Å²) in [5.41, 5.74) is -1.13. The molecule has 0 aliphatic carbocycles. The molecule has 4 rings (SSSR count). The lowest BCUT2D eigenvalue weighted by Gasteiger charge is -2.23. The molecular weight excluding hydrogens is 530 g/mol. The van der Waals surface area contributed by atoms with Gasteiger partial charge in [0.05, 0.1) is 17.3 Å². The van der Waals surface area contributed by atoms with Gasteiger partial charge in [0, 0.05) is 30.7 Å². The topological polar surface area (TPSA) is 114 Å². The summed E-state index contributed by atoms with van der Waals surface area (Å²) in [7, 11) is -3.75. The van der Waals surface area contributed by atoms with Crippen LogP contribution in [0.1, 0.15) is 24.0 Å². The molecular formula is C28H28F2N2O6S. The average Bonchev–Trinajstić information content (AvgIpc) is 3.39. The SMILES string of the molecule is O=C(NCc1cc(F)ccc1F)[C@@]1(CCS(=O)(=O)c2ccccc2)COC(c2ccc(OCCCO)cc2)=N1. The summed E-state index contributed by atoms with van der Waals surface area (Å²) in [4.78, 5) is 18.1. The van der Waals surface area contributed by atoms with Crippen LogP contribution >= 0.6 is 0 Å². The number of sulfone groups is 1. The van der Waals surface area contributed by atoms with E-state index in [2.05, 4.69) is 10.3 Å². The normalized spacial score (nSPS) is 16.8. The lowest BCUT2D eigenvalue weighted by Crippen LogP contribution is -2.47. The Morgan fingerprint density at radius 1 is 1.08 bits per heavy atom. The van der Waals surface area contributed by atoms with Crippen LogP contribution in [-0.4, -0.2) is 56.4 Å². The largest absolute Gasteiger partial charge is 0.494 e. The van der Waals surface area contributed by atoms with Crippen molar-refractivity contribution in [2.75, 3.05) is 25.6 Å². The fraction of sp³-hybridized carbons (Fsp3) is 0.286. The molecule has 2 N–H and O–H groups in total. The van der Waals surface area contributed by atoms with Crippen molar-refractivity contribution in [3.8, 4) is 5.75 Å². The van der Waals surface area contributed by atoms with Crippen LogP contribution in [0.15, 0.2) is 82.7 Å². The number of aliphatic imine (C=N–C) groups is 1. The van der Waals surface area contributed by atoms with Crippen molar-refractivity contribution in [3.63, 3.8) is 0 Å². The summed E-state index contributed by atoms with van der Waals surface area (Å²) >= 11 is 0. The van der Waals surface area contributed by atoms with Gasteiger partial charge in [0.15, 0.2) is 15.4 Å². The van der Waals surface area contributed by atoms with Crippen LogP contribution in [0.3, 0.4) is 0 Å². The van der Waals surface area contributed by atoms with Gasteiger partial charge in [-0.05, 0) is 61.0 Å². The molecule has 11 heteroatoms. The fourth-order valence-electron chi connectivity index (χ4n) is 3.97. The van der Waals surface area contributed by atoms with Gasteiger partial charge in [0.25, 0.3) is 5.91 Å². The van der Waals surface area contributed by atoms with E-state index in [1.54, 1.807) is 42.5 Å². The minimum absolute atomic E-state index is 0.0126. The Bertz CT molecular complexity index is 1430. The summed E-state index contributed by atoms with van der Waals surface area (Å²) < 4.78 is 65.0. The van der Waals surface area contributed by atoms with Crippen LogP contribution in [0.2, 0.25) is 0 Å². The summed E-state index contributed by atoms with van der Waals surface area (Å²) in [6.07, 6.45) is 0.286. The van der Waals surface area contributed by atoms with Gasteiger partial charge in [-0.3, -0.25) is 4.79 Å². The molecule has 0 aromatic heterocycles. The molecule has 0 saturated heterocycles. The highest BCUT2D eigenvalue weighted by molar-refractivity contribution is 7.91. The Morgan fingerprint density at radius 2 is 1.82 bits per heavy atom. The molecule has 0 radical (unpaired) electrons.